The largest absolute Gasteiger partial charge is 0.748 e. The number of ketones is 1. The first-order valence-corrected chi connectivity index (χ1v) is 32.8. The van der Waals surface area contributed by atoms with Crippen LogP contribution in [0.2, 0.25) is 0 Å². The summed E-state index contributed by atoms with van der Waals surface area (Å²) in [6.45, 7) is -3.73. The van der Waals surface area contributed by atoms with E-state index in [-0.39, 0.29) is 81.4 Å². The maximum absolute atomic E-state index is 17.9. The third-order valence-corrected chi connectivity index (χ3v) is 17.5. The number of aromatic nitrogens is 1. The summed E-state index contributed by atoms with van der Waals surface area (Å²) in [5, 5.41) is 21.3. The normalized spacial score (nSPS) is 14.3. The van der Waals surface area contributed by atoms with Crippen molar-refractivity contribution < 1.29 is 78.4 Å². The standard InChI is InChI=1S/C68H79B2F2N7O13S/c1-79(2,3)38-14-19-50-40-58(46-25-30-53(89-4)31-26-46)77-60(50)42-61-51(41-59(78(61)70(77,71)72)47-27-32-54(90-5)33-28-47)29-34-63(81)76-57(44-93(86,87)88)68(84)74-35-13-12-20-62(80)73-36-37-75-67(83)55-39-52(66(91-6)64-56(55)43-92-69(64)85)18-11-10-15-45-21-23-49(24-22-45)65(82)48-16-8-7-9-17-48/h7-9,16-17,21-28,30-33,39-42,57,85H,10-15,18-20,29,34-38,43-44H2,1-6H3,(H4-,73,74,75,76,80,81,83,84,86,87,88). The van der Waals surface area contributed by atoms with Gasteiger partial charge in [0.1, 0.15) is 23.3 Å². The van der Waals surface area contributed by atoms with Gasteiger partial charge >= 0.3 is 14.1 Å². The zero-order chi connectivity index (χ0) is 66.6. The number of benzene rings is 5. The Kier molecular flexibility index (Phi) is 22.4. The predicted molar refractivity (Wildman–Crippen MR) is 351 cm³/mol. The van der Waals surface area contributed by atoms with Crippen molar-refractivity contribution in [1.82, 2.24) is 25.7 Å². The minimum Gasteiger partial charge on any atom is -0.748 e. The third kappa shape index (κ3) is 17.1. The highest BCUT2D eigenvalue weighted by atomic mass is 32.2. The molecule has 0 radical (unpaired) electrons. The van der Waals surface area contributed by atoms with Crippen LogP contribution in [0, 0.1) is 0 Å². The first-order valence-electron chi connectivity index (χ1n) is 31.2. The third-order valence-electron chi connectivity index (χ3n) is 16.8. The zero-order valence-electron chi connectivity index (χ0n) is 53.2. The van der Waals surface area contributed by atoms with E-state index in [4.69, 9.17) is 18.9 Å². The first kappa shape index (κ1) is 68.6. The first-order chi connectivity index (χ1) is 44.5. The molecule has 3 aliphatic rings. The van der Waals surface area contributed by atoms with E-state index in [1.54, 1.807) is 78.9 Å². The van der Waals surface area contributed by atoms with Gasteiger partial charge in [0, 0.05) is 95.7 Å². The predicted octanol–water partition coefficient (Wildman–Crippen LogP) is 6.50. The van der Waals surface area contributed by atoms with Crippen LogP contribution in [0.15, 0.2) is 133 Å². The molecule has 0 bridgehead atoms. The Morgan fingerprint density at radius 2 is 1.37 bits per heavy atom. The number of carbonyl (C=O) groups excluding carboxylic acids is 5. The summed E-state index contributed by atoms with van der Waals surface area (Å²) in [4.78, 5) is 66.6. The van der Waals surface area contributed by atoms with E-state index < -0.39 is 53.7 Å². The number of amides is 4. The van der Waals surface area contributed by atoms with Gasteiger partial charge in [-0.05, 0) is 140 Å². The van der Waals surface area contributed by atoms with Crippen molar-refractivity contribution in [2.45, 2.75) is 83.3 Å². The number of methoxy groups -OCH3 is 3. The smallest absolute Gasteiger partial charge is 0.737 e. The molecule has 490 valence electrons. The molecule has 1 unspecified atom stereocenters. The van der Waals surface area contributed by atoms with E-state index in [9.17, 15) is 42.0 Å². The van der Waals surface area contributed by atoms with Crippen LogP contribution in [-0.4, -0.2) is 161 Å². The number of nitrogens with one attached hydrogen (secondary N) is 4. The molecule has 5 aromatic carbocycles. The Balaban J connectivity index is 0.766. The van der Waals surface area contributed by atoms with Crippen molar-refractivity contribution in [2.24, 2.45) is 0 Å². The quantitative estimate of drug-likeness (QED) is 0.00996. The highest BCUT2D eigenvalue weighted by Crippen LogP contribution is 2.43. The topological polar surface area (TPSA) is 256 Å². The lowest BCUT2D eigenvalue weighted by atomic mass is 9.75. The monoisotopic (exact) mass is 1290 g/mol. The van der Waals surface area contributed by atoms with Gasteiger partial charge in [0.05, 0.1) is 71.5 Å². The lowest BCUT2D eigenvalue weighted by molar-refractivity contribution is -0.870. The number of quaternary nitrogens is 1. The molecule has 1 atom stereocenters. The van der Waals surface area contributed by atoms with Crippen LogP contribution < -0.4 is 40.9 Å². The van der Waals surface area contributed by atoms with E-state index in [0.29, 0.717) is 96.8 Å². The van der Waals surface area contributed by atoms with E-state index in [0.717, 1.165) is 51.5 Å². The van der Waals surface area contributed by atoms with Gasteiger partial charge < -0.3 is 71.8 Å². The molecular formula is C68H79B2F2N7O13S. The minimum absolute atomic E-state index is 0.00945. The fourth-order valence-corrected chi connectivity index (χ4v) is 12.7. The number of halogens is 2. The maximum Gasteiger partial charge on any atom is 0.737 e. The second-order valence-electron chi connectivity index (χ2n) is 24.4. The van der Waals surface area contributed by atoms with Gasteiger partial charge in [-0.3, -0.25) is 24.0 Å². The Hall–Kier alpha value is -8.74. The lowest BCUT2D eigenvalue weighted by Crippen LogP contribution is -2.51. The van der Waals surface area contributed by atoms with Gasteiger partial charge in [-0.2, -0.15) is 0 Å². The molecule has 93 heavy (non-hydrogen) atoms. The Labute approximate surface area is 541 Å². The summed E-state index contributed by atoms with van der Waals surface area (Å²) in [7, 11) is 4.37. The van der Waals surface area contributed by atoms with E-state index >= 15 is 8.63 Å². The zero-order valence-corrected chi connectivity index (χ0v) is 54.0. The number of unbranched alkanes of at least 4 members (excludes halogenated alkanes) is 2. The molecule has 4 heterocycles. The minimum atomic E-state index is -5.06. The molecular weight excluding hydrogens is 1210 g/mol. The molecule has 4 amide bonds. The van der Waals surface area contributed by atoms with Crippen molar-refractivity contribution in [3.63, 3.8) is 0 Å². The summed E-state index contributed by atoms with van der Waals surface area (Å²) in [5.41, 5.74) is 7.35. The summed E-state index contributed by atoms with van der Waals surface area (Å²) in [6.07, 6.45) is 7.45. The van der Waals surface area contributed by atoms with Crippen LogP contribution in [0.4, 0.5) is 8.63 Å². The van der Waals surface area contributed by atoms with Crippen molar-refractivity contribution in [2.75, 3.05) is 74.4 Å². The molecule has 0 fully saturated rings. The fraction of sp³-hybridized carbons (Fsp3) is 0.353. The average Bonchev–Trinajstić information content (AvgIpc) is 1.58. The lowest BCUT2D eigenvalue weighted by Gasteiger charge is -2.32. The highest BCUT2D eigenvalue weighted by Gasteiger charge is 2.55. The Morgan fingerprint density at radius 3 is 2.02 bits per heavy atom. The number of carbonyl (C=O) groups is 5. The number of aryl methyl sites for hydroxylation is 3. The molecule has 1 aromatic heterocycles. The molecule has 0 saturated carbocycles. The molecule has 20 nitrogen and oxygen atoms in total. The molecule has 25 heteroatoms. The number of hydrogen-bond acceptors (Lipinski definition) is 13. The maximum atomic E-state index is 17.9. The summed E-state index contributed by atoms with van der Waals surface area (Å²) < 4.78 is 96.8. The van der Waals surface area contributed by atoms with Gasteiger partial charge in [-0.15, -0.1) is 0 Å². The number of rotatable bonds is 32. The average molecular weight is 1290 g/mol. The molecule has 6 aromatic rings. The highest BCUT2D eigenvalue weighted by molar-refractivity contribution is 7.85. The summed E-state index contributed by atoms with van der Waals surface area (Å²) in [5.74, 6) is -2.28. The molecule has 5 N–H and O–H groups in total. The molecule has 3 aliphatic heterocycles. The van der Waals surface area contributed by atoms with Crippen LogP contribution in [0.3, 0.4) is 0 Å². The number of hydrogen-bond donors (Lipinski definition) is 5. The second-order valence-corrected chi connectivity index (χ2v) is 25.8. The summed E-state index contributed by atoms with van der Waals surface area (Å²) in [6, 6.07) is 32.0. The van der Waals surface area contributed by atoms with Gasteiger partial charge in [-0.1, -0.05) is 54.6 Å². The van der Waals surface area contributed by atoms with Gasteiger partial charge in [-0.25, -0.2) is 8.42 Å². The van der Waals surface area contributed by atoms with Crippen molar-refractivity contribution in [1.29, 1.82) is 0 Å². The van der Waals surface area contributed by atoms with Crippen LogP contribution >= 0.6 is 0 Å². The number of ether oxygens (including phenoxy) is 3. The molecule has 0 aliphatic carbocycles. The number of allylic oxidation sites excluding steroid dienone is 2. The van der Waals surface area contributed by atoms with Crippen LogP contribution in [0.5, 0.6) is 17.2 Å². The van der Waals surface area contributed by atoms with Gasteiger partial charge in [0.15, 0.2) is 17.2 Å². The van der Waals surface area contributed by atoms with Crippen LogP contribution in [0.1, 0.15) is 111 Å². The Bertz CT molecular complexity index is 3950. The second kappa shape index (κ2) is 30.3. The van der Waals surface area contributed by atoms with E-state index in [2.05, 4.69) is 42.4 Å². The van der Waals surface area contributed by atoms with Crippen molar-refractivity contribution >= 4 is 70.9 Å². The van der Waals surface area contributed by atoms with Crippen LogP contribution in [0.25, 0.3) is 17.3 Å². The van der Waals surface area contributed by atoms with Gasteiger partial charge in [0.25, 0.3) is 5.91 Å². The van der Waals surface area contributed by atoms with E-state index in [1.165, 1.54) is 21.3 Å². The number of nitrogens with zero attached hydrogens (tertiary/aromatic N) is 3. The van der Waals surface area contributed by atoms with Crippen molar-refractivity contribution in [3.05, 3.63) is 183 Å². The van der Waals surface area contributed by atoms with E-state index in [1.807, 2.05) is 48.5 Å². The SMILES string of the molecule is COc1ccc(C2=[N+]3C(=Cc4c(CCC[N+](C)(C)C)cc(-c5ccc(OC)cc5)n4[B-]3(F)F)C(CCC(=O)NC(CS(=O)(=O)[O-])C(=O)NCCCCC(=O)NCCNC(=O)c3cc(CCCCc4ccc(C(=O)c5ccccc5)cc4)c(OC)c4c3COB4O)=C2)cc1. The fourth-order valence-electron chi connectivity index (χ4n) is 12.0. The van der Waals surface area contributed by atoms with Gasteiger partial charge in [0.2, 0.25) is 17.7 Å². The van der Waals surface area contributed by atoms with Crippen molar-refractivity contribution in [3.8, 4) is 28.5 Å². The van der Waals surface area contributed by atoms with Crippen LogP contribution in [-0.2, 0) is 55.0 Å². The summed E-state index contributed by atoms with van der Waals surface area (Å²) >= 11 is 0. The Morgan fingerprint density at radius 1 is 0.720 bits per heavy atom. The molecule has 9 rings (SSSR count). The number of fused-ring (bicyclic) bond motifs is 3. The molecule has 0 saturated heterocycles. The molecule has 0 spiro atoms.